The van der Waals surface area contributed by atoms with E-state index in [-0.39, 0.29) is 44.2 Å². The van der Waals surface area contributed by atoms with Crippen LogP contribution in [0.2, 0.25) is 0 Å². The highest BCUT2D eigenvalue weighted by Gasteiger charge is 2.28. The average Bonchev–Trinajstić information content (AvgIpc) is 2.99. The molecule has 4 aromatic rings. The molecule has 1 aromatic heterocycles. The molecule has 3 heterocycles. The van der Waals surface area contributed by atoms with Crippen molar-refractivity contribution in [2.24, 2.45) is 0 Å². The van der Waals surface area contributed by atoms with Gasteiger partial charge < -0.3 is 24.7 Å². The normalized spacial score (nSPS) is 15.5. The summed E-state index contributed by atoms with van der Waals surface area (Å²) in [7, 11) is 0. The highest BCUT2D eigenvalue weighted by atomic mass is 16.5. The number of H-pyrrole nitrogens is 1. The van der Waals surface area contributed by atoms with Crippen molar-refractivity contribution in [3.8, 4) is 0 Å². The first-order valence-corrected chi connectivity index (χ1v) is 14.7. The number of amides is 2. The second-order valence-electron chi connectivity index (χ2n) is 10.8. The number of aromatic nitrogens is 1. The van der Waals surface area contributed by atoms with Crippen molar-refractivity contribution in [3.63, 3.8) is 0 Å². The van der Waals surface area contributed by atoms with Gasteiger partial charge in [-0.05, 0) is 84.3 Å². The number of esters is 1. The number of carbonyl (C=O) groups is 3. The van der Waals surface area contributed by atoms with Gasteiger partial charge in [-0.15, -0.1) is 0 Å². The maximum atomic E-state index is 14.6. The van der Waals surface area contributed by atoms with E-state index in [0.29, 0.717) is 23.2 Å². The molecule has 2 aliphatic heterocycles. The van der Waals surface area contributed by atoms with Gasteiger partial charge in [0.05, 0.1) is 19.6 Å². The number of aromatic amines is 1. The lowest BCUT2D eigenvalue weighted by Gasteiger charge is -2.30. The number of rotatable bonds is 6. The van der Waals surface area contributed by atoms with E-state index in [1.54, 1.807) is 42.3 Å². The second kappa shape index (κ2) is 13.5. The van der Waals surface area contributed by atoms with Gasteiger partial charge in [-0.1, -0.05) is 30.3 Å². The van der Waals surface area contributed by atoms with Crippen molar-refractivity contribution >= 4 is 40.1 Å². The third kappa shape index (κ3) is 7.08. The number of fused-ring (bicyclic) bond motifs is 10. The number of hydrogen-bond acceptors (Lipinski definition) is 7. The number of pyridine rings is 1. The molecule has 44 heavy (non-hydrogen) atoms. The van der Waals surface area contributed by atoms with Crippen LogP contribution in [0, 0.1) is 13.8 Å². The van der Waals surface area contributed by atoms with Crippen molar-refractivity contribution in [3.05, 3.63) is 105 Å². The first kappa shape index (κ1) is 30.3. The summed E-state index contributed by atoms with van der Waals surface area (Å²) < 4.78 is 10.6. The number of hydrogen-bond donors (Lipinski definition) is 3. The summed E-state index contributed by atoms with van der Waals surface area (Å²) in [6, 6.07) is 17.5. The molecule has 10 heteroatoms. The summed E-state index contributed by atoms with van der Waals surface area (Å²) in [6.07, 6.45) is 1.56. The summed E-state index contributed by atoms with van der Waals surface area (Å²) in [5, 5.41) is 7.44. The lowest BCUT2D eigenvalue weighted by Crippen LogP contribution is -2.39. The zero-order chi connectivity index (χ0) is 31.2. The van der Waals surface area contributed by atoms with Crippen LogP contribution in [0.15, 0.2) is 71.7 Å². The number of ether oxygens (including phenoxy) is 2. The Hall–Kier alpha value is -5.12. The predicted molar refractivity (Wildman–Crippen MR) is 169 cm³/mol. The van der Waals surface area contributed by atoms with Crippen molar-refractivity contribution in [1.82, 2.24) is 9.88 Å². The summed E-state index contributed by atoms with van der Waals surface area (Å²) in [5.41, 5.74) is 5.33. The first-order valence-electron chi connectivity index (χ1n) is 14.7. The van der Waals surface area contributed by atoms with E-state index >= 15 is 0 Å². The first-order chi connectivity index (χ1) is 21.2. The van der Waals surface area contributed by atoms with Gasteiger partial charge in [0.25, 0.3) is 5.56 Å². The average molecular weight is 597 g/mol. The highest BCUT2D eigenvalue weighted by Crippen LogP contribution is 2.29. The van der Waals surface area contributed by atoms with Crippen molar-refractivity contribution in [1.29, 1.82) is 0 Å². The minimum absolute atomic E-state index is 0.0128. The molecule has 4 bridgehead atoms. The lowest BCUT2D eigenvalue weighted by molar-refractivity contribution is -0.144. The van der Waals surface area contributed by atoms with Gasteiger partial charge in [0.2, 0.25) is 5.91 Å². The fourth-order valence-electron chi connectivity index (χ4n) is 5.59. The quantitative estimate of drug-likeness (QED) is 0.255. The number of anilines is 2. The Morgan fingerprint density at radius 2 is 1.84 bits per heavy atom. The van der Waals surface area contributed by atoms with E-state index in [4.69, 9.17) is 9.47 Å². The summed E-state index contributed by atoms with van der Waals surface area (Å²) in [5.74, 6) is -0.660. The number of nitrogens with one attached hydrogen (secondary N) is 3. The molecule has 3 N–H and O–H groups in total. The van der Waals surface area contributed by atoms with Crippen molar-refractivity contribution in [2.75, 3.05) is 30.4 Å². The van der Waals surface area contributed by atoms with Crippen LogP contribution in [-0.2, 0) is 32.0 Å². The number of carbonyl (C=O) groups excluding carboxylic acids is 3. The van der Waals surface area contributed by atoms with E-state index < -0.39 is 18.1 Å². The SMILES string of the molecule is CCOC(=O)CCN1Cc2cccc(c2)NC(=O)OCCc2c(C)cc(cc2C)C(Nc2ccc3cc[nH]c(=O)c3c2)C1=O. The standard InChI is InChI=1S/C34H36N4O6/c1-4-43-30(39)11-14-38-20-23-6-5-7-26(18-23)37-34(42)44-15-12-28-21(2)16-25(17-22(28)3)31(33(38)41)36-27-9-8-24-10-13-35-32(40)29(24)19-27/h5-10,13,16-19,31,36H,4,11-12,14-15,20H2,1-3H3,(H,35,40)(H,37,42). The molecule has 6 rings (SSSR count). The molecule has 0 saturated carbocycles. The molecular formula is C34H36N4O6. The van der Waals surface area contributed by atoms with Crippen molar-refractivity contribution < 1.29 is 23.9 Å². The molecule has 228 valence electrons. The zero-order valence-electron chi connectivity index (χ0n) is 25.1. The Bertz CT molecular complexity index is 1740. The molecule has 1 unspecified atom stereocenters. The monoisotopic (exact) mass is 596 g/mol. The van der Waals surface area contributed by atoms with Crippen LogP contribution in [0.3, 0.4) is 0 Å². The molecule has 0 fully saturated rings. The van der Waals surface area contributed by atoms with Crippen LogP contribution in [-0.4, -0.2) is 47.6 Å². The molecular weight excluding hydrogens is 560 g/mol. The van der Waals surface area contributed by atoms with Crippen LogP contribution in [0.1, 0.15) is 47.2 Å². The Kier molecular flexibility index (Phi) is 9.28. The fraction of sp³-hybridized carbons (Fsp3) is 0.294. The van der Waals surface area contributed by atoms with E-state index in [1.165, 1.54) is 0 Å². The molecule has 2 aliphatic rings. The number of aryl methyl sites for hydroxylation is 2. The molecule has 0 aliphatic carbocycles. The van der Waals surface area contributed by atoms with Crippen LogP contribution in [0.4, 0.5) is 16.2 Å². The minimum Gasteiger partial charge on any atom is -0.466 e. The Morgan fingerprint density at radius 1 is 1.05 bits per heavy atom. The van der Waals surface area contributed by atoms with Gasteiger partial charge in [-0.3, -0.25) is 19.7 Å². The van der Waals surface area contributed by atoms with Crippen LogP contribution in [0.5, 0.6) is 0 Å². The van der Waals surface area contributed by atoms with E-state index in [9.17, 15) is 19.2 Å². The van der Waals surface area contributed by atoms with Crippen LogP contribution >= 0.6 is 0 Å². The largest absolute Gasteiger partial charge is 0.466 e. The predicted octanol–water partition coefficient (Wildman–Crippen LogP) is 5.38. The fourth-order valence-corrected chi connectivity index (χ4v) is 5.59. The zero-order valence-corrected chi connectivity index (χ0v) is 25.1. The molecule has 10 nitrogen and oxygen atoms in total. The lowest BCUT2D eigenvalue weighted by atomic mass is 9.93. The Morgan fingerprint density at radius 3 is 2.61 bits per heavy atom. The topological polar surface area (TPSA) is 130 Å². The van der Waals surface area contributed by atoms with E-state index in [0.717, 1.165) is 33.2 Å². The molecule has 3 aromatic carbocycles. The molecule has 0 saturated heterocycles. The van der Waals surface area contributed by atoms with Gasteiger partial charge in [0.15, 0.2) is 0 Å². The minimum atomic E-state index is -0.837. The molecule has 2 amide bonds. The maximum absolute atomic E-state index is 14.6. The summed E-state index contributed by atoms with van der Waals surface area (Å²) in [4.78, 5) is 56.3. The third-order valence-electron chi connectivity index (χ3n) is 7.72. The van der Waals surface area contributed by atoms with Gasteiger partial charge in [0.1, 0.15) is 6.04 Å². The third-order valence-corrected chi connectivity index (χ3v) is 7.72. The van der Waals surface area contributed by atoms with Gasteiger partial charge in [-0.2, -0.15) is 0 Å². The van der Waals surface area contributed by atoms with E-state index in [2.05, 4.69) is 15.6 Å². The van der Waals surface area contributed by atoms with Gasteiger partial charge >= 0.3 is 12.1 Å². The Balaban J connectivity index is 1.60. The number of nitrogens with zero attached hydrogens (tertiary/aromatic N) is 1. The van der Waals surface area contributed by atoms with Crippen LogP contribution < -0.4 is 16.2 Å². The van der Waals surface area contributed by atoms with Gasteiger partial charge in [0, 0.05) is 42.5 Å². The number of benzene rings is 3. The second-order valence-corrected chi connectivity index (χ2v) is 10.8. The molecule has 0 spiro atoms. The Labute approximate surface area is 255 Å². The molecule has 0 radical (unpaired) electrons. The smallest absolute Gasteiger partial charge is 0.411 e. The summed E-state index contributed by atoms with van der Waals surface area (Å²) in [6.45, 7) is 6.40. The van der Waals surface area contributed by atoms with Crippen molar-refractivity contribution in [2.45, 2.75) is 46.2 Å². The maximum Gasteiger partial charge on any atom is 0.411 e. The van der Waals surface area contributed by atoms with E-state index in [1.807, 2.05) is 50.2 Å². The molecule has 1 atom stereocenters. The van der Waals surface area contributed by atoms with Gasteiger partial charge in [-0.25, -0.2) is 4.79 Å². The van der Waals surface area contributed by atoms with Crippen LogP contribution in [0.25, 0.3) is 10.8 Å². The summed E-state index contributed by atoms with van der Waals surface area (Å²) >= 11 is 0. The highest BCUT2D eigenvalue weighted by molar-refractivity contribution is 5.89.